The zero-order chi connectivity index (χ0) is 5.54. The average Bonchev–Trinajstić information content (AvgIpc) is 1.69. The van der Waals surface area contributed by atoms with Crippen molar-refractivity contribution in [3.05, 3.63) is 0 Å². The molecule has 3 nitrogen and oxygen atoms in total. The zero-order valence-corrected chi connectivity index (χ0v) is 4.63. The predicted octanol–water partition coefficient (Wildman–Crippen LogP) is 1.46. The summed E-state index contributed by atoms with van der Waals surface area (Å²) < 4.78 is 0. The van der Waals surface area contributed by atoms with E-state index in [2.05, 4.69) is 15.4 Å². The highest BCUT2D eigenvalue weighted by Gasteiger charge is 1.59. The molecule has 0 aliphatic carbocycles. The SMILES string of the molecule is CC/C=N/N=NC. The Kier molecular flexibility index (Phi) is 4.72. The van der Waals surface area contributed by atoms with Crippen molar-refractivity contribution in [2.75, 3.05) is 7.05 Å². The fraction of sp³-hybridized carbons (Fsp3) is 0.750. The van der Waals surface area contributed by atoms with E-state index in [9.17, 15) is 0 Å². The van der Waals surface area contributed by atoms with Gasteiger partial charge in [-0.1, -0.05) is 12.1 Å². The van der Waals surface area contributed by atoms with E-state index in [1.165, 1.54) is 0 Å². The minimum atomic E-state index is 0.916. The first-order valence-corrected chi connectivity index (χ1v) is 2.22. The summed E-state index contributed by atoms with van der Waals surface area (Å²) in [5, 5.41) is 10.3. The largest absolute Gasteiger partial charge is 0.172 e. The molecule has 0 bridgehead atoms. The fourth-order valence-electron chi connectivity index (χ4n) is 0.170. The molecule has 0 aromatic carbocycles. The van der Waals surface area contributed by atoms with Crippen molar-refractivity contribution in [3.8, 4) is 0 Å². The average molecular weight is 99.1 g/mol. The van der Waals surface area contributed by atoms with Crippen molar-refractivity contribution in [2.45, 2.75) is 13.3 Å². The quantitative estimate of drug-likeness (QED) is 0.285. The monoisotopic (exact) mass is 99.1 g/mol. The Morgan fingerprint density at radius 1 is 1.57 bits per heavy atom. The molecule has 0 aromatic heterocycles. The van der Waals surface area contributed by atoms with Gasteiger partial charge in [0.05, 0.1) is 7.05 Å². The van der Waals surface area contributed by atoms with E-state index < -0.39 is 0 Å². The number of rotatable bonds is 2. The Hall–Kier alpha value is -0.730. The molecule has 0 saturated carbocycles. The second-order valence-corrected chi connectivity index (χ2v) is 0.996. The van der Waals surface area contributed by atoms with E-state index in [-0.39, 0.29) is 0 Å². The van der Waals surface area contributed by atoms with Crippen LogP contribution in [0.3, 0.4) is 0 Å². The highest BCUT2D eigenvalue weighted by molar-refractivity contribution is 5.55. The van der Waals surface area contributed by atoms with Crippen LogP contribution in [-0.2, 0) is 0 Å². The maximum atomic E-state index is 3.54. The lowest BCUT2D eigenvalue weighted by molar-refractivity contribution is 1.02. The highest BCUT2D eigenvalue weighted by atomic mass is 15.3. The first-order chi connectivity index (χ1) is 3.41. The van der Waals surface area contributed by atoms with Crippen LogP contribution in [-0.4, -0.2) is 13.3 Å². The van der Waals surface area contributed by atoms with Gasteiger partial charge in [-0.05, 0) is 6.42 Å². The first-order valence-electron chi connectivity index (χ1n) is 2.22. The molecule has 0 heterocycles. The Morgan fingerprint density at radius 2 is 2.29 bits per heavy atom. The van der Waals surface area contributed by atoms with E-state index in [0.717, 1.165) is 6.42 Å². The summed E-state index contributed by atoms with van der Waals surface area (Å²) in [4.78, 5) is 0. The van der Waals surface area contributed by atoms with Gasteiger partial charge >= 0.3 is 0 Å². The smallest absolute Gasteiger partial charge is 0.0509 e. The molecular weight excluding hydrogens is 90.1 g/mol. The Balaban J connectivity index is 3.09. The third-order valence-corrected chi connectivity index (χ3v) is 0.405. The van der Waals surface area contributed by atoms with Gasteiger partial charge in [0.2, 0.25) is 0 Å². The summed E-state index contributed by atoms with van der Waals surface area (Å²) in [6.45, 7) is 1.99. The van der Waals surface area contributed by atoms with Crippen molar-refractivity contribution >= 4 is 6.21 Å². The van der Waals surface area contributed by atoms with Gasteiger partial charge < -0.3 is 0 Å². The molecular formula is C4H9N3. The van der Waals surface area contributed by atoms with E-state index in [1.807, 2.05) is 6.92 Å². The van der Waals surface area contributed by atoms with E-state index in [4.69, 9.17) is 0 Å². The molecule has 0 amide bonds. The number of hydrogen-bond acceptors (Lipinski definition) is 2. The molecule has 0 atom stereocenters. The lowest BCUT2D eigenvalue weighted by Gasteiger charge is -1.69. The van der Waals surface area contributed by atoms with Crippen LogP contribution in [0.25, 0.3) is 0 Å². The second kappa shape index (κ2) is 5.27. The minimum absolute atomic E-state index is 0.916. The van der Waals surface area contributed by atoms with Crippen LogP contribution in [0.1, 0.15) is 13.3 Å². The summed E-state index contributed by atoms with van der Waals surface area (Å²) in [5.41, 5.74) is 0. The maximum Gasteiger partial charge on any atom is 0.0509 e. The van der Waals surface area contributed by atoms with Crippen LogP contribution in [0.4, 0.5) is 0 Å². The highest BCUT2D eigenvalue weighted by Crippen LogP contribution is 1.71. The van der Waals surface area contributed by atoms with Crippen LogP contribution in [0.5, 0.6) is 0 Å². The van der Waals surface area contributed by atoms with Gasteiger partial charge in [0.15, 0.2) is 0 Å². The normalized spacial score (nSPS) is 11.7. The van der Waals surface area contributed by atoms with Gasteiger partial charge in [0.25, 0.3) is 0 Å². The van der Waals surface area contributed by atoms with Crippen molar-refractivity contribution < 1.29 is 0 Å². The summed E-state index contributed by atoms with van der Waals surface area (Å²) in [5.74, 6) is 0. The van der Waals surface area contributed by atoms with Crippen molar-refractivity contribution in [1.82, 2.24) is 0 Å². The molecule has 3 heteroatoms. The third kappa shape index (κ3) is 5.27. The molecule has 40 valence electrons. The van der Waals surface area contributed by atoms with Crippen molar-refractivity contribution in [3.63, 3.8) is 0 Å². The summed E-state index contributed by atoms with van der Waals surface area (Å²) in [6, 6.07) is 0. The first kappa shape index (κ1) is 6.27. The van der Waals surface area contributed by atoms with Gasteiger partial charge in [-0.2, -0.15) is 5.11 Å². The summed E-state index contributed by atoms with van der Waals surface area (Å²) in [6.07, 6.45) is 2.62. The van der Waals surface area contributed by atoms with Gasteiger partial charge in [-0.3, -0.25) is 0 Å². The molecule has 0 radical (unpaired) electrons. The molecule has 0 aromatic rings. The van der Waals surface area contributed by atoms with E-state index >= 15 is 0 Å². The number of hydrogen-bond donors (Lipinski definition) is 0. The van der Waals surface area contributed by atoms with Crippen LogP contribution < -0.4 is 0 Å². The molecule has 0 N–H and O–H groups in total. The molecule has 0 fully saturated rings. The fourth-order valence-corrected chi connectivity index (χ4v) is 0.170. The molecule has 0 aliphatic rings. The van der Waals surface area contributed by atoms with Crippen molar-refractivity contribution in [2.24, 2.45) is 15.4 Å². The minimum Gasteiger partial charge on any atom is -0.172 e. The van der Waals surface area contributed by atoms with Crippen LogP contribution >= 0.6 is 0 Å². The van der Waals surface area contributed by atoms with Crippen LogP contribution in [0, 0.1) is 0 Å². The lowest BCUT2D eigenvalue weighted by atomic mass is 10.6. The van der Waals surface area contributed by atoms with Gasteiger partial charge in [0, 0.05) is 6.21 Å². The number of nitrogens with zero attached hydrogens (tertiary/aromatic N) is 3. The van der Waals surface area contributed by atoms with Gasteiger partial charge in [-0.15, -0.1) is 5.10 Å². The van der Waals surface area contributed by atoms with Crippen LogP contribution in [0.2, 0.25) is 0 Å². The molecule has 7 heavy (non-hydrogen) atoms. The zero-order valence-electron chi connectivity index (χ0n) is 4.63. The standard InChI is InChI=1S/C4H9N3/c1-3-4-6-7-5-2/h4H,3H2,1-2H3/b6-4+,7-5?. The third-order valence-electron chi connectivity index (χ3n) is 0.405. The Labute approximate surface area is 43.1 Å². The maximum absolute atomic E-state index is 3.54. The topological polar surface area (TPSA) is 37.1 Å². The predicted molar refractivity (Wildman–Crippen MR) is 29.6 cm³/mol. The molecule has 0 unspecified atom stereocenters. The molecule has 0 aliphatic heterocycles. The van der Waals surface area contributed by atoms with Gasteiger partial charge in [-0.25, -0.2) is 0 Å². The van der Waals surface area contributed by atoms with Crippen LogP contribution in [0.15, 0.2) is 15.4 Å². The molecule has 0 spiro atoms. The Bertz CT molecular complexity index is 75.0. The molecule has 0 rings (SSSR count). The lowest BCUT2D eigenvalue weighted by Crippen LogP contribution is -1.61. The van der Waals surface area contributed by atoms with Crippen molar-refractivity contribution in [1.29, 1.82) is 0 Å². The Morgan fingerprint density at radius 3 is 2.71 bits per heavy atom. The second-order valence-electron chi connectivity index (χ2n) is 0.996. The van der Waals surface area contributed by atoms with E-state index in [1.54, 1.807) is 13.3 Å². The molecule has 0 saturated heterocycles. The van der Waals surface area contributed by atoms with Gasteiger partial charge in [0.1, 0.15) is 0 Å². The van der Waals surface area contributed by atoms with E-state index in [0.29, 0.717) is 0 Å². The summed E-state index contributed by atoms with van der Waals surface area (Å²) in [7, 11) is 1.59. The summed E-state index contributed by atoms with van der Waals surface area (Å²) >= 11 is 0.